The van der Waals surface area contributed by atoms with E-state index in [4.69, 9.17) is 9.47 Å². The molecule has 29 heavy (non-hydrogen) atoms. The molecule has 5 rings (SSSR count). The zero-order chi connectivity index (χ0) is 19.8. The van der Waals surface area contributed by atoms with Crippen molar-refractivity contribution in [2.24, 2.45) is 0 Å². The van der Waals surface area contributed by atoms with Gasteiger partial charge in [-0.25, -0.2) is 4.98 Å². The van der Waals surface area contributed by atoms with Gasteiger partial charge in [-0.2, -0.15) is 0 Å². The highest BCUT2D eigenvalue weighted by Gasteiger charge is 2.46. The molecule has 0 saturated heterocycles. The summed E-state index contributed by atoms with van der Waals surface area (Å²) in [6.07, 6.45) is 0. The van der Waals surface area contributed by atoms with Crippen LogP contribution in [0.1, 0.15) is 11.4 Å². The van der Waals surface area contributed by atoms with Gasteiger partial charge in [0.25, 0.3) is 11.3 Å². The molecule has 144 valence electrons. The van der Waals surface area contributed by atoms with Gasteiger partial charge in [0.15, 0.2) is 5.82 Å². The first-order valence-corrected chi connectivity index (χ1v) is 9.35. The van der Waals surface area contributed by atoms with E-state index in [1.165, 1.54) is 4.57 Å². The molecular weight excluding hydrogens is 368 g/mol. The molecule has 0 unspecified atom stereocenters. The number of ether oxygens (including phenoxy) is 2. The second kappa shape index (κ2) is 6.84. The Morgan fingerprint density at radius 1 is 0.897 bits per heavy atom. The minimum Gasteiger partial charge on any atom is -0.491 e. The fourth-order valence-electron chi connectivity index (χ4n) is 3.67. The van der Waals surface area contributed by atoms with Crippen LogP contribution in [0.5, 0.6) is 5.75 Å². The van der Waals surface area contributed by atoms with E-state index < -0.39 is 5.79 Å². The smallest absolute Gasteiger partial charge is 0.266 e. The molecule has 0 radical (unpaired) electrons. The predicted octanol–water partition coefficient (Wildman–Crippen LogP) is 2.99. The molecular formula is C23H18N2O4. The minimum absolute atomic E-state index is 0.114. The van der Waals surface area contributed by atoms with Gasteiger partial charge in [-0.05, 0) is 30.3 Å². The number of nitrogens with zero attached hydrogens (tertiary/aromatic N) is 2. The predicted molar refractivity (Wildman–Crippen MR) is 108 cm³/mol. The molecule has 4 aromatic rings. The maximum atomic E-state index is 13.1. The maximum Gasteiger partial charge on any atom is 0.266 e. The quantitative estimate of drug-likeness (QED) is 0.422. The first-order chi connectivity index (χ1) is 14.2. The molecule has 0 spiro atoms. The lowest BCUT2D eigenvalue weighted by Gasteiger charge is -2.24. The zero-order valence-electron chi connectivity index (χ0n) is 15.5. The van der Waals surface area contributed by atoms with Gasteiger partial charge in [-0.3, -0.25) is 9.36 Å². The summed E-state index contributed by atoms with van der Waals surface area (Å²) in [5.74, 6) is -0.961. The van der Waals surface area contributed by atoms with Gasteiger partial charge in [0.05, 0.1) is 23.2 Å². The van der Waals surface area contributed by atoms with Crippen LogP contribution in [-0.4, -0.2) is 27.9 Å². The van der Waals surface area contributed by atoms with Crippen molar-refractivity contribution >= 4 is 10.9 Å². The topological polar surface area (TPSA) is 73.6 Å². The van der Waals surface area contributed by atoms with Crippen LogP contribution in [-0.2, 0) is 10.5 Å². The van der Waals surface area contributed by atoms with Crippen molar-refractivity contribution in [3.8, 4) is 11.4 Å². The summed E-state index contributed by atoms with van der Waals surface area (Å²) < 4.78 is 13.0. The Hall–Kier alpha value is -3.48. The van der Waals surface area contributed by atoms with Crippen LogP contribution >= 0.6 is 0 Å². The fourth-order valence-corrected chi connectivity index (χ4v) is 3.67. The van der Waals surface area contributed by atoms with E-state index in [1.807, 2.05) is 42.5 Å². The summed E-state index contributed by atoms with van der Waals surface area (Å²) in [5.41, 5.74) is 1.33. The molecule has 2 heterocycles. The van der Waals surface area contributed by atoms with Crippen molar-refractivity contribution in [1.82, 2.24) is 9.55 Å². The third-order valence-corrected chi connectivity index (χ3v) is 5.00. The third-order valence-electron chi connectivity index (χ3n) is 5.00. The van der Waals surface area contributed by atoms with E-state index in [0.717, 1.165) is 5.75 Å². The number of para-hydroxylation sites is 3. The van der Waals surface area contributed by atoms with E-state index in [1.54, 1.807) is 36.4 Å². The molecule has 0 aliphatic carbocycles. The average Bonchev–Trinajstić information content (AvgIpc) is 3.01. The third kappa shape index (κ3) is 2.81. The van der Waals surface area contributed by atoms with Crippen LogP contribution in [0.15, 0.2) is 83.7 Å². The summed E-state index contributed by atoms with van der Waals surface area (Å²) in [5, 5.41) is 12.0. The van der Waals surface area contributed by atoms with Crippen molar-refractivity contribution in [2.75, 3.05) is 13.2 Å². The summed E-state index contributed by atoms with van der Waals surface area (Å²) in [6, 6.07) is 23.6. The number of hydrogen-bond donors (Lipinski definition) is 1. The highest BCUT2D eigenvalue weighted by atomic mass is 16.6. The van der Waals surface area contributed by atoms with Gasteiger partial charge >= 0.3 is 0 Å². The van der Waals surface area contributed by atoms with Gasteiger partial charge in [0.2, 0.25) is 0 Å². The molecule has 0 fully saturated rings. The second-order valence-corrected chi connectivity index (χ2v) is 6.76. The minimum atomic E-state index is -1.83. The number of hydrogen-bond acceptors (Lipinski definition) is 5. The number of aromatic nitrogens is 2. The molecule has 0 saturated carbocycles. The summed E-state index contributed by atoms with van der Waals surface area (Å²) >= 11 is 0. The molecule has 3 aromatic carbocycles. The van der Waals surface area contributed by atoms with Gasteiger partial charge in [0.1, 0.15) is 12.4 Å². The Kier molecular flexibility index (Phi) is 4.16. The van der Waals surface area contributed by atoms with Crippen LogP contribution in [0, 0.1) is 0 Å². The van der Waals surface area contributed by atoms with Crippen LogP contribution in [0.3, 0.4) is 0 Å². The lowest BCUT2D eigenvalue weighted by atomic mass is 10.1. The Balaban J connectivity index is 1.52. The molecule has 6 heteroatoms. The first-order valence-electron chi connectivity index (χ1n) is 9.35. The highest BCUT2D eigenvalue weighted by molar-refractivity contribution is 5.78. The zero-order valence-corrected chi connectivity index (χ0v) is 15.5. The van der Waals surface area contributed by atoms with Crippen LogP contribution in [0.4, 0.5) is 0 Å². The van der Waals surface area contributed by atoms with Crippen molar-refractivity contribution in [3.63, 3.8) is 0 Å². The van der Waals surface area contributed by atoms with Crippen LogP contribution in [0.2, 0.25) is 0 Å². The fraction of sp³-hybridized carbons (Fsp3) is 0.130. The van der Waals surface area contributed by atoms with Crippen molar-refractivity contribution in [1.29, 1.82) is 0 Å². The Bertz CT molecular complexity index is 1250. The Morgan fingerprint density at radius 3 is 2.48 bits per heavy atom. The van der Waals surface area contributed by atoms with Crippen molar-refractivity contribution in [2.45, 2.75) is 5.79 Å². The maximum absolute atomic E-state index is 13.1. The Labute approximate surface area is 166 Å². The van der Waals surface area contributed by atoms with Crippen molar-refractivity contribution < 1.29 is 14.6 Å². The van der Waals surface area contributed by atoms with Gasteiger partial charge in [-0.1, -0.05) is 48.5 Å². The molecule has 1 atom stereocenters. The van der Waals surface area contributed by atoms with E-state index in [9.17, 15) is 9.90 Å². The highest BCUT2D eigenvalue weighted by Crippen LogP contribution is 2.40. The largest absolute Gasteiger partial charge is 0.491 e. The summed E-state index contributed by atoms with van der Waals surface area (Å²) in [6.45, 7) is 0.356. The molecule has 0 bridgehead atoms. The Morgan fingerprint density at radius 2 is 1.62 bits per heavy atom. The average molecular weight is 386 g/mol. The number of rotatable bonds is 5. The normalized spacial score (nSPS) is 17.1. The molecule has 1 aliphatic rings. The van der Waals surface area contributed by atoms with E-state index in [2.05, 4.69) is 4.98 Å². The standard InChI is InChI=1S/C23H18N2O4/c26-21-17-10-4-6-12-19(17)24-22-23(27,18-11-5-7-13-20(18)25(21)22)29-15-14-28-16-8-2-1-3-9-16/h1-13,27H,14-15H2/t23-/m1/s1. The van der Waals surface area contributed by atoms with Crippen molar-refractivity contribution in [3.05, 3.63) is 101 Å². The SMILES string of the molecule is O=c1c2ccccc2nc2n1-c1ccccc1[C@@]2(O)OCCOc1ccccc1. The molecule has 1 N–H and O–H groups in total. The molecule has 1 aliphatic heterocycles. The molecule has 1 aromatic heterocycles. The van der Waals surface area contributed by atoms with E-state index in [0.29, 0.717) is 22.2 Å². The van der Waals surface area contributed by atoms with Gasteiger partial charge < -0.3 is 14.6 Å². The second-order valence-electron chi connectivity index (χ2n) is 6.76. The number of benzene rings is 3. The van der Waals surface area contributed by atoms with Crippen LogP contribution < -0.4 is 10.3 Å². The van der Waals surface area contributed by atoms with Gasteiger partial charge in [-0.15, -0.1) is 0 Å². The monoisotopic (exact) mass is 386 g/mol. The van der Waals surface area contributed by atoms with E-state index in [-0.39, 0.29) is 24.6 Å². The lowest BCUT2D eigenvalue weighted by molar-refractivity contribution is -0.185. The summed E-state index contributed by atoms with van der Waals surface area (Å²) in [7, 11) is 0. The van der Waals surface area contributed by atoms with Gasteiger partial charge in [0, 0.05) is 5.56 Å². The lowest BCUT2D eigenvalue weighted by Crippen LogP contribution is -2.34. The first kappa shape index (κ1) is 17.6. The number of fused-ring (bicyclic) bond motifs is 4. The summed E-state index contributed by atoms with van der Waals surface area (Å²) in [4.78, 5) is 17.7. The molecule has 6 nitrogen and oxygen atoms in total. The number of aliphatic hydroxyl groups is 1. The molecule has 0 amide bonds. The van der Waals surface area contributed by atoms with E-state index >= 15 is 0 Å². The van der Waals surface area contributed by atoms with Crippen LogP contribution in [0.25, 0.3) is 16.6 Å².